The molecule has 5 nitrogen and oxygen atoms in total. The van der Waals surface area contributed by atoms with Crippen molar-refractivity contribution in [2.75, 3.05) is 23.7 Å². The number of carbonyl (C=O) groups is 1. The lowest BCUT2D eigenvalue weighted by molar-refractivity contribution is -0.00501. The normalized spacial score (nSPS) is 22.4. The molecule has 1 fully saturated rings. The van der Waals surface area contributed by atoms with Gasteiger partial charge in [-0.05, 0) is 13.8 Å². The second kappa shape index (κ2) is 6.04. The first kappa shape index (κ1) is 15.8. The highest BCUT2D eigenvalue weighted by Gasteiger charge is 2.29. The summed E-state index contributed by atoms with van der Waals surface area (Å²) in [5.74, 6) is -0.137. The molecule has 21 heavy (non-hydrogen) atoms. The number of nitriles is 1. The summed E-state index contributed by atoms with van der Waals surface area (Å²) in [6, 6.07) is 2.16. The minimum Gasteiger partial charge on any atom is -0.396 e. The van der Waals surface area contributed by atoms with Gasteiger partial charge < -0.3 is 15.4 Å². The maximum absolute atomic E-state index is 12.2. The summed E-state index contributed by atoms with van der Waals surface area (Å²) in [5.41, 5.74) is 6.78. The molecule has 6 heteroatoms. The molecule has 2 atom stereocenters. The average molecular weight is 307 g/mol. The Hall–Kier alpha value is -1.58. The zero-order chi connectivity index (χ0) is 15.7. The van der Waals surface area contributed by atoms with E-state index in [0.29, 0.717) is 29.2 Å². The van der Waals surface area contributed by atoms with Crippen LogP contribution < -0.4 is 10.6 Å². The maximum Gasteiger partial charge on any atom is 0.177 e. The molecule has 0 spiro atoms. The number of nitrogen functional groups attached to an aromatic ring is 1. The van der Waals surface area contributed by atoms with E-state index in [1.54, 1.807) is 0 Å². The first-order valence-electron chi connectivity index (χ1n) is 7.12. The standard InChI is InChI=1S/C15H21N3O2S/c1-8(2)13(19)14-12(17)11(5-16)15(21-14)18-6-9(3)20-10(4)7-18/h8-10H,6-7,17H2,1-4H3/t9-,10+. The molecule has 0 aromatic carbocycles. The van der Waals surface area contributed by atoms with Gasteiger partial charge in [-0.2, -0.15) is 5.26 Å². The van der Waals surface area contributed by atoms with E-state index in [1.165, 1.54) is 11.3 Å². The highest BCUT2D eigenvalue weighted by molar-refractivity contribution is 7.19. The van der Waals surface area contributed by atoms with Crippen LogP contribution in [0.4, 0.5) is 10.7 Å². The van der Waals surface area contributed by atoms with Gasteiger partial charge >= 0.3 is 0 Å². The van der Waals surface area contributed by atoms with E-state index in [-0.39, 0.29) is 23.9 Å². The summed E-state index contributed by atoms with van der Waals surface area (Å²) < 4.78 is 5.72. The van der Waals surface area contributed by atoms with Gasteiger partial charge in [-0.3, -0.25) is 4.79 Å². The summed E-state index contributed by atoms with van der Waals surface area (Å²) >= 11 is 1.33. The van der Waals surface area contributed by atoms with Crippen molar-refractivity contribution in [3.63, 3.8) is 0 Å². The number of anilines is 2. The minimum atomic E-state index is -0.132. The summed E-state index contributed by atoms with van der Waals surface area (Å²) in [5, 5.41) is 10.2. The average Bonchev–Trinajstić information content (AvgIpc) is 2.73. The number of nitrogens with zero attached hydrogens (tertiary/aromatic N) is 2. The van der Waals surface area contributed by atoms with E-state index in [0.717, 1.165) is 5.00 Å². The molecule has 0 unspecified atom stereocenters. The smallest absolute Gasteiger partial charge is 0.177 e. The van der Waals surface area contributed by atoms with Gasteiger partial charge in [-0.25, -0.2) is 0 Å². The summed E-state index contributed by atoms with van der Waals surface area (Å²) in [4.78, 5) is 14.8. The lowest BCUT2D eigenvalue weighted by Crippen LogP contribution is -2.45. The van der Waals surface area contributed by atoms with Crippen LogP contribution in [0.2, 0.25) is 0 Å². The molecule has 0 radical (unpaired) electrons. The van der Waals surface area contributed by atoms with Gasteiger partial charge in [0, 0.05) is 19.0 Å². The quantitative estimate of drug-likeness (QED) is 0.868. The molecule has 1 aliphatic rings. The van der Waals surface area contributed by atoms with Crippen molar-refractivity contribution in [2.45, 2.75) is 39.9 Å². The number of nitrogens with two attached hydrogens (primary N) is 1. The van der Waals surface area contributed by atoms with Gasteiger partial charge in [0.15, 0.2) is 5.78 Å². The van der Waals surface area contributed by atoms with E-state index in [9.17, 15) is 10.1 Å². The molecule has 2 rings (SSSR count). The third-order valence-electron chi connectivity index (χ3n) is 3.49. The molecule has 0 saturated carbocycles. The van der Waals surface area contributed by atoms with Crippen LogP contribution in [-0.2, 0) is 4.74 Å². The molecule has 1 aliphatic heterocycles. The minimum absolute atomic E-state index is 0.00499. The summed E-state index contributed by atoms with van der Waals surface area (Å²) in [6.45, 7) is 9.10. The third-order valence-corrected chi connectivity index (χ3v) is 4.77. The van der Waals surface area contributed by atoms with Crippen molar-refractivity contribution in [1.29, 1.82) is 5.26 Å². The van der Waals surface area contributed by atoms with Gasteiger partial charge in [-0.15, -0.1) is 11.3 Å². The van der Waals surface area contributed by atoms with Crippen molar-refractivity contribution in [3.05, 3.63) is 10.4 Å². The van der Waals surface area contributed by atoms with Crippen molar-refractivity contribution in [1.82, 2.24) is 0 Å². The molecule has 0 aliphatic carbocycles. The molecule has 0 bridgehead atoms. The van der Waals surface area contributed by atoms with E-state index in [1.807, 2.05) is 27.7 Å². The van der Waals surface area contributed by atoms with Crippen LogP contribution in [-0.4, -0.2) is 31.1 Å². The second-order valence-electron chi connectivity index (χ2n) is 5.82. The molecule has 1 saturated heterocycles. The van der Waals surface area contributed by atoms with Crippen LogP contribution in [0.1, 0.15) is 42.9 Å². The molecule has 0 amide bonds. The maximum atomic E-state index is 12.2. The van der Waals surface area contributed by atoms with Gasteiger partial charge in [0.2, 0.25) is 0 Å². The second-order valence-corrected chi connectivity index (χ2v) is 6.82. The number of morpholine rings is 1. The van der Waals surface area contributed by atoms with Gasteiger partial charge in [0.1, 0.15) is 16.6 Å². The van der Waals surface area contributed by atoms with Gasteiger partial charge in [0.05, 0.1) is 22.8 Å². The fourth-order valence-corrected chi connectivity index (χ4v) is 3.83. The number of Topliss-reactive ketones (excluding diaryl/α,β-unsaturated/α-hetero) is 1. The lowest BCUT2D eigenvalue weighted by atomic mass is 10.1. The number of carbonyl (C=O) groups excluding carboxylic acids is 1. The Labute approximate surface area is 129 Å². The first-order chi connectivity index (χ1) is 9.85. The zero-order valence-electron chi connectivity index (χ0n) is 12.8. The fraction of sp³-hybridized carbons (Fsp3) is 0.600. The molecular formula is C15H21N3O2S. The van der Waals surface area contributed by atoms with Crippen molar-refractivity contribution < 1.29 is 9.53 Å². The lowest BCUT2D eigenvalue weighted by Gasteiger charge is -2.36. The van der Waals surface area contributed by atoms with Gasteiger partial charge in [0.25, 0.3) is 0 Å². The first-order valence-corrected chi connectivity index (χ1v) is 7.93. The Balaban J connectivity index is 2.42. The molecule has 114 valence electrons. The number of rotatable bonds is 3. The third kappa shape index (κ3) is 3.04. The van der Waals surface area contributed by atoms with E-state index in [2.05, 4.69) is 11.0 Å². The van der Waals surface area contributed by atoms with E-state index < -0.39 is 0 Å². The van der Waals surface area contributed by atoms with Crippen LogP contribution in [0.3, 0.4) is 0 Å². The Kier molecular flexibility index (Phi) is 4.55. The fourth-order valence-electron chi connectivity index (χ4n) is 2.55. The van der Waals surface area contributed by atoms with Crippen molar-refractivity contribution in [2.24, 2.45) is 5.92 Å². The molecular weight excluding hydrogens is 286 g/mol. The van der Waals surface area contributed by atoms with E-state index in [4.69, 9.17) is 10.5 Å². The Morgan fingerprint density at radius 2 is 2.00 bits per heavy atom. The highest BCUT2D eigenvalue weighted by Crippen LogP contribution is 2.40. The van der Waals surface area contributed by atoms with Crippen LogP contribution in [0.5, 0.6) is 0 Å². The van der Waals surface area contributed by atoms with Crippen LogP contribution in [0.15, 0.2) is 0 Å². The van der Waals surface area contributed by atoms with Crippen LogP contribution in [0, 0.1) is 17.2 Å². The van der Waals surface area contributed by atoms with E-state index >= 15 is 0 Å². The summed E-state index contributed by atoms with van der Waals surface area (Å²) in [6.07, 6.45) is 0.181. The SMILES string of the molecule is CC(C)C(=O)c1sc(N2C[C@@H](C)O[C@@H](C)C2)c(C#N)c1N. The van der Waals surface area contributed by atoms with Crippen LogP contribution in [0.25, 0.3) is 0 Å². The molecule has 1 aromatic rings. The number of ether oxygens (including phenoxy) is 1. The Bertz CT molecular complexity index is 578. The highest BCUT2D eigenvalue weighted by atomic mass is 32.1. The number of hydrogen-bond donors (Lipinski definition) is 1. The van der Waals surface area contributed by atoms with Gasteiger partial charge in [-0.1, -0.05) is 13.8 Å². The predicted octanol–water partition coefficient (Wildman–Crippen LogP) is 2.65. The zero-order valence-corrected chi connectivity index (χ0v) is 13.7. The number of ketones is 1. The molecule has 1 aromatic heterocycles. The Morgan fingerprint density at radius 1 is 1.43 bits per heavy atom. The topological polar surface area (TPSA) is 79.3 Å². The molecule has 2 N–H and O–H groups in total. The number of hydrogen-bond acceptors (Lipinski definition) is 6. The van der Waals surface area contributed by atoms with Crippen molar-refractivity contribution >= 4 is 27.8 Å². The number of thiophene rings is 1. The van der Waals surface area contributed by atoms with Crippen LogP contribution >= 0.6 is 11.3 Å². The Morgan fingerprint density at radius 3 is 2.48 bits per heavy atom. The predicted molar refractivity (Wildman–Crippen MR) is 84.8 cm³/mol. The molecule has 2 heterocycles. The summed E-state index contributed by atoms with van der Waals surface area (Å²) in [7, 11) is 0. The largest absolute Gasteiger partial charge is 0.396 e. The van der Waals surface area contributed by atoms with Crippen molar-refractivity contribution in [3.8, 4) is 6.07 Å². The monoisotopic (exact) mass is 307 g/mol.